The normalized spacial score (nSPS) is 10.2. The summed E-state index contributed by atoms with van der Waals surface area (Å²) in [5.74, 6) is -1.11. The Balaban J connectivity index is 2.25. The van der Waals surface area contributed by atoms with Crippen molar-refractivity contribution in [3.8, 4) is 0 Å². The Morgan fingerprint density at radius 2 is 1.26 bits per heavy atom. The summed E-state index contributed by atoms with van der Waals surface area (Å²) in [5.41, 5.74) is 2.34. The number of benzene rings is 2. The van der Waals surface area contributed by atoms with E-state index in [2.05, 4.69) is 15.9 Å². The van der Waals surface area contributed by atoms with Gasteiger partial charge in [0.1, 0.15) is 0 Å². The van der Waals surface area contributed by atoms with Crippen LogP contribution >= 0.6 is 15.9 Å². The van der Waals surface area contributed by atoms with Crippen molar-refractivity contribution in [2.75, 3.05) is 0 Å². The van der Waals surface area contributed by atoms with Gasteiger partial charge in [-0.2, -0.15) is 0 Å². The molecule has 96 valence electrons. The Morgan fingerprint density at radius 3 is 1.68 bits per heavy atom. The number of carboxylic acid groups (broad SMARTS) is 1. The molecule has 2 aromatic rings. The number of hydrogen-bond donors (Lipinski definition) is 1. The van der Waals surface area contributed by atoms with Crippen LogP contribution in [0.5, 0.6) is 0 Å². The fraction of sp³-hybridized carbons (Fsp3) is 0.0667. The van der Waals surface area contributed by atoms with Crippen molar-refractivity contribution in [1.82, 2.24) is 0 Å². The molecule has 0 aliphatic heterocycles. The average Bonchev–Trinajstić information content (AvgIpc) is 2.46. The number of rotatable bonds is 4. The first-order chi connectivity index (χ1) is 9.11. The molecule has 0 aliphatic rings. The molecule has 0 heterocycles. The van der Waals surface area contributed by atoms with Crippen LogP contribution in [0.1, 0.15) is 31.8 Å². The van der Waals surface area contributed by atoms with Gasteiger partial charge in [-0.15, -0.1) is 0 Å². The second-order valence-corrected chi connectivity index (χ2v) is 4.60. The molecule has 0 spiro atoms. The highest BCUT2D eigenvalue weighted by molar-refractivity contribution is 9.08. The first-order valence-corrected chi connectivity index (χ1v) is 6.77. The average molecular weight is 319 g/mol. The zero-order valence-corrected chi connectivity index (χ0v) is 11.6. The predicted molar refractivity (Wildman–Crippen MR) is 75.9 cm³/mol. The lowest BCUT2D eigenvalue weighted by Gasteiger charge is -2.03. The zero-order chi connectivity index (χ0) is 13.8. The van der Waals surface area contributed by atoms with E-state index >= 15 is 0 Å². The standard InChI is InChI=1S/C15H11BrO3/c16-9-10-1-3-11(4-2-10)14(17)12-5-7-13(8-6-12)15(18)19/h1-8H,9H2,(H,18,19). The van der Waals surface area contributed by atoms with E-state index in [1.807, 2.05) is 12.1 Å². The third-order valence-electron chi connectivity index (χ3n) is 2.76. The molecule has 0 atom stereocenters. The first kappa shape index (κ1) is 13.5. The molecule has 0 saturated carbocycles. The van der Waals surface area contributed by atoms with Crippen molar-refractivity contribution in [3.05, 3.63) is 70.8 Å². The van der Waals surface area contributed by atoms with Crippen LogP contribution in [-0.4, -0.2) is 16.9 Å². The zero-order valence-electron chi connectivity index (χ0n) is 9.97. The van der Waals surface area contributed by atoms with E-state index in [4.69, 9.17) is 5.11 Å². The molecule has 0 aliphatic carbocycles. The minimum atomic E-state index is -0.999. The van der Waals surface area contributed by atoms with Crippen molar-refractivity contribution in [2.45, 2.75) is 5.33 Å². The quantitative estimate of drug-likeness (QED) is 0.693. The number of carboxylic acids is 1. The molecule has 4 heteroatoms. The molecule has 19 heavy (non-hydrogen) atoms. The van der Waals surface area contributed by atoms with E-state index in [0.717, 1.165) is 10.9 Å². The summed E-state index contributed by atoms with van der Waals surface area (Å²) < 4.78 is 0. The van der Waals surface area contributed by atoms with Gasteiger partial charge in [-0.05, 0) is 17.7 Å². The fourth-order valence-corrected chi connectivity index (χ4v) is 2.05. The number of aromatic carboxylic acids is 1. The topological polar surface area (TPSA) is 54.4 Å². The van der Waals surface area contributed by atoms with Gasteiger partial charge >= 0.3 is 5.97 Å². The maximum absolute atomic E-state index is 12.2. The summed E-state index contributed by atoms with van der Waals surface area (Å²) >= 11 is 3.34. The van der Waals surface area contributed by atoms with Crippen molar-refractivity contribution in [3.63, 3.8) is 0 Å². The lowest BCUT2D eigenvalue weighted by molar-refractivity contribution is 0.0696. The van der Waals surface area contributed by atoms with Crippen LogP contribution in [-0.2, 0) is 5.33 Å². The Hall–Kier alpha value is -1.94. The molecule has 2 rings (SSSR count). The van der Waals surface area contributed by atoms with Crippen molar-refractivity contribution in [1.29, 1.82) is 0 Å². The van der Waals surface area contributed by atoms with Gasteiger partial charge in [-0.1, -0.05) is 52.3 Å². The molecule has 0 bridgehead atoms. The van der Waals surface area contributed by atoms with Gasteiger partial charge < -0.3 is 5.11 Å². The van der Waals surface area contributed by atoms with Gasteiger partial charge in [0, 0.05) is 16.5 Å². The number of halogens is 1. The van der Waals surface area contributed by atoms with E-state index in [1.54, 1.807) is 12.1 Å². The van der Waals surface area contributed by atoms with Crippen LogP contribution in [0.15, 0.2) is 48.5 Å². The second kappa shape index (κ2) is 5.80. The minimum Gasteiger partial charge on any atom is -0.478 e. The molecule has 0 radical (unpaired) electrons. The highest BCUT2D eigenvalue weighted by atomic mass is 79.9. The number of hydrogen-bond acceptors (Lipinski definition) is 2. The predicted octanol–water partition coefficient (Wildman–Crippen LogP) is 3.51. The Morgan fingerprint density at radius 1 is 0.842 bits per heavy atom. The van der Waals surface area contributed by atoms with Crippen LogP contribution in [0.25, 0.3) is 0 Å². The van der Waals surface area contributed by atoms with Crippen molar-refractivity contribution >= 4 is 27.7 Å². The largest absolute Gasteiger partial charge is 0.478 e. The van der Waals surface area contributed by atoms with Crippen LogP contribution in [0.4, 0.5) is 0 Å². The highest BCUT2D eigenvalue weighted by Gasteiger charge is 2.10. The van der Waals surface area contributed by atoms with Gasteiger partial charge in [-0.3, -0.25) is 4.79 Å². The number of alkyl halides is 1. The maximum Gasteiger partial charge on any atom is 0.335 e. The lowest BCUT2D eigenvalue weighted by atomic mass is 10.0. The summed E-state index contributed by atoms with van der Waals surface area (Å²) in [4.78, 5) is 22.9. The number of carbonyl (C=O) groups is 2. The van der Waals surface area contributed by atoms with E-state index in [-0.39, 0.29) is 11.3 Å². The summed E-state index contributed by atoms with van der Waals surface area (Å²) in [6, 6.07) is 13.2. The molecular weight excluding hydrogens is 308 g/mol. The van der Waals surface area contributed by atoms with Gasteiger partial charge in [0.2, 0.25) is 0 Å². The number of carbonyl (C=O) groups excluding carboxylic acids is 1. The lowest BCUT2D eigenvalue weighted by Crippen LogP contribution is -2.03. The van der Waals surface area contributed by atoms with E-state index < -0.39 is 5.97 Å². The fourth-order valence-electron chi connectivity index (χ4n) is 1.68. The highest BCUT2D eigenvalue weighted by Crippen LogP contribution is 2.13. The first-order valence-electron chi connectivity index (χ1n) is 5.65. The smallest absolute Gasteiger partial charge is 0.335 e. The number of ketones is 1. The third kappa shape index (κ3) is 3.09. The SMILES string of the molecule is O=C(O)c1ccc(C(=O)c2ccc(CBr)cc2)cc1. The molecule has 0 amide bonds. The molecule has 3 nitrogen and oxygen atoms in total. The molecule has 0 aromatic heterocycles. The van der Waals surface area contributed by atoms with Gasteiger partial charge in [0.15, 0.2) is 5.78 Å². The molecule has 1 N–H and O–H groups in total. The molecule has 0 fully saturated rings. The van der Waals surface area contributed by atoms with Crippen molar-refractivity contribution in [2.24, 2.45) is 0 Å². The molecule has 0 saturated heterocycles. The van der Waals surface area contributed by atoms with Crippen LogP contribution in [0.3, 0.4) is 0 Å². The van der Waals surface area contributed by atoms with Crippen LogP contribution < -0.4 is 0 Å². The van der Waals surface area contributed by atoms with Gasteiger partial charge in [-0.25, -0.2) is 4.79 Å². The maximum atomic E-state index is 12.2. The molecular formula is C15H11BrO3. The molecule has 0 unspecified atom stereocenters. The minimum absolute atomic E-state index is 0.113. The van der Waals surface area contributed by atoms with Crippen LogP contribution in [0, 0.1) is 0 Å². The van der Waals surface area contributed by atoms with E-state index in [0.29, 0.717) is 11.1 Å². The van der Waals surface area contributed by atoms with E-state index in [9.17, 15) is 9.59 Å². The summed E-state index contributed by atoms with van der Waals surface area (Å²) in [7, 11) is 0. The second-order valence-electron chi connectivity index (χ2n) is 4.04. The van der Waals surface area contributed by atoms with E-state index in [1.165, 1.54) is 24.3 Å². The van der Waals surface area contributed by atoms with Crippen molar-refractivity contribution < 1.29 is 14.7 Å². The summed E-state index contributed by atoms with van der Waals surface area (Å²) in [5, 5.41) is 9.54. The third-order valence-corrected chi connectivity index (χ3v) is 3.41. The summed E-state index contributed by atoms with van der Waals surface area (Å²) in [6.45, 7) is 0. The van der Waals surface area contributed by atoms with Crippen LogP contribution in [0.2, 0.25) is 0 Å². The van der Waals surface area contributed by atoms with Gasteiger partial charge in [0.25, 0.3) is 0 Å². The van der Waals surface area contributed by atoms with Gasteiger partial charge in [0.05, 0.1) is 5.56 Å². The Labute approximate surface area is 119 Å². The molecule has 2 aromatic carbocycles. The summed E-state index contributed by atoms with van der Waals surface area (Å²) in [6.07, 6.45) is 0. The Bertz CT molecular complexity index is 600. The Kier molecular flexibility index (Phi) is 4.12. The monoisotopic (exact) mass is 318 g/mol.